The van der Waals surface area contributed by atoms with Gasteiger partial charge < -0.3 is 4.74 Å². The predicted octanol–water partition coefficient (Wildman–Crippen LogP) is 3.48. The van der Waals surface area contributed by atoms with E-state index in [-0.39, 0.29) is 0 Å². The fraction of sp³-hybridized carbons (Fsp3) is 0.333. The molecule has 0 aliphatic carbocycles. The molecule has 2 aromatic heterocycles. The summed E-state index contributed by atoms with van der Waals surface area (Å²) in [5, 5.41) is 1.24. The summed E-state index contributed by atoms with van der Waals surface area (Å²) in [4.78, 5) is 11.5. The summed E-state index contributed by atoms with van der Waals surface area (Å²) in [6.07, 6.45) is 4.72. The van der Waals surface area contributed by atoms with Gasteiger partial charge in [0.25, 0.3) is 0 Å². The van der Waals surface area contributed by atoms with Crippen molar-refractivity contribution in [3.8, 4) is 11.3 Å². The van der Waals surface area contributed by atoms with Crippen LogP contribution in [-0.4, -0.2) is 47.7 Å². The molecule has 0 spiro atoms. The Kier molecular flexibility index (Phi) is 4.72. The van der Waals surface area contributed by atoms with Gasteiger partial charge in [0.1, 0.15) is 0 Å². The van der Waals surface area contributed by atoms with Gasteiger partial charge in [-0.3, -0.25) is 9.88 Å². The van der Waals surface area contributed by atoms with Gasteiger partial charge in [-0.15, -0.1) is 0 Å². The molecule has 128 valence electrons. The summed E-state index contributed by atoms with van der Waals surface area (Å²) >= 11 is 0. The number of aromatic nitrogens is 2. The molecule has 4 nitrogen and oxygen atoms in total. The second kappa shape index (κ2) is 7.30. The highest BCUT2D eigenvalue weighted by Crippen LogP contribution is 2.25. The standard InChI is InChI=1S/C21H23N3O/c1-16-13-21(18-3-2-7-22-15-18)23-20-5-4-17(14-19(16)20)6-8-24-9-11-25-12-10-24/h2-5,7,13-15H,6,8-12H2,1H3. The van der Waals surface area contributed by atoms with Crippen LogP contribution in [0.4, 0.5) is 0 Å². The maximum Gasteiger partial charge on any atom is 0.0727 e. The van der Waals surface area contributed by atoms with Crippen molar-refractivity contribution >= 4 is 10.9 Å². The lowest BCUT2D eigenvalue weighted by Gasteiger charge is -2.26. The molecule has 0 unspecified atom stereocenters. The average Bonchev–Trinajstić information content (AvgIpc) is 2.68. The maximum absolute atomic E-state index is 5.42. The minimum Gasteiger partial charge on any atom is -0.379 e. The first-order chi connectivity index (χ1) is 12.3. The van der Waals surface area contributed by atoms with E-state index in [1.165, 1.54) is 16.5 Å². The van der Waals surface area contributed by atoms with E-state index < -0.39 is 0 Å². The molecular formula is C21H23N3O. The van der Waals surface area contributed by atoms with Crippen molar-refractivity contribution in [1.82, 2.24) is 14.9 Å². The van der Waals surface area contributed by atoms with Crippen LogP contribution in [0, 0.1) is 6.92 Å². The van der Waals surface area contributed by atoms with Crippen LogP contribution in [0.1, 0.15) is 11.1 Å². The number of benzene rings is 1. The van der Waals surface area contributed by atoms with Crippen LogP contribution in [0.3, 0.4) is 0 Å². The fourth-order valence-electron chi connectivity index (χ4n) is 3.37. The van der Waals surface area contributed by atoms with E-state index in [2.05, 4.69) is 47.1 Å². The molecule has 4 rings (SSSR count). The van der Waals surface area contributed by atoms with E-state index in [0.29, 0.717) is 0 Å². The minimum absolute atomic E-state index is 0.859. The number of nitrogens with zero attached hydrogens (tertiary/aromatic N) is 3. The van der Waals surface area contributed by atoms with Crippen LogP contribution < -0.4 is 0 Å². The van der Waals surface area contributed by atoms with Gasteiger partial charge in [0.2, 0.25) is 0 Å². The van der Waals surface area contributed by atoms with Crippen molar-refractivity contribution in [1.29, 1.82) is 0 Å². The summed E-state index contributed by atoms with van der Waals surface area (Å²) in [5.74, 6) is 0. The maximum atomic E-state index is 5.42. The topological polar surface area (TPSA) is 38.2 Å². The van der Waals surface area contributed by atoms with Gasteiger partial charge in [0, 0.05) is 43.0 Å². The molecule has 1 fully saturated rings. The number of pyridine rings is 2. The van der Waals surface area contributed by atoms with E-state index >= 15 is 0 Å². The Balaban J connectivity index is 1.57. The summed E-state index contributed by atoms with van der Waals surface area (Å²) in [6, 6.07) is 12.8. The third kappa shape index (κ3) is 3.70. The van der Waals surface area contributed by atoms with Gasteiger partial charge in [-0.05, 0) is 54.8 Å². The Bertz CT molecular complexity index is 858. The molecule has 3 heterocycles. The zero-order valence-corrected chi connectivity index (χ0v) is 14.6. The third-order valence-corrected chi connectivity index (χ3v) is 4.86. The highest BCUT2D eigenvalue weighted by Gasteiger charge is 2.11. The van der Waals surface area contributed by atoms with Gasteiger partial charge in [0.05, 0.1) is 24.4 Å². The number of hydrogen-bond donors (Lipinski definition) is 0. The van der Waals surface area contributed by atoms with Crippen molar-refractivity contribution < 1.29 is 4.74 Å². The molecule has 0 atom stereocenters. The van der Waals surface area contributed by atoms with Gasteiger partial charge in [0.15, 0.2) is 0 Å². The molecule has 25 heavy (non-hydrogen) atoms. The molecule has 0 amide bonds. The quantitative estimate of drug-likeness (QED) is 0.733. The van der Waals surface area contributed by atoms with Crippen LogP contribution in [0.25, 0.3) is 22.2 Å². The molecule has 1 aromatic carbocycles. The SMILES string of the molecule is Cc1cc(-c2cccnc2)nc2ccc(CCN3CCOCC3)cc12. The summed E-state index contributed by atoms with van der Waals surface area (Å²) in [6.45, 7) is 7.06. The van der Waals surface area contributed by atoms with E-state index in [9.17, 15) is 0 Å². The normalized spacial score (nSPS) is 15.6. The zero-order chi connectivity index (χ0) is 17.1. The molecule has 0 saturated carbocycles. The molecule has 3 aromatic rings. The monoisotopic (exact) mass is 333 g/mol. The van der Waals surface area contributed by atoms with Crippen LogP contribution in [0.2, 0.25) is 0 Å². The minimum atomic E-state index is 0.859. The molecule has 1 aliphatic heterocycles. The largest absolute Gasteiger partial charge is 0.379 e. The highest BCUT2D eigenvalue weighted by molar-refractivity contribution is 5.85. The van der Waals surface area contributed by atoms with Crippen molar-refractivity contribution in [2.45, 2.75) is 13.3 Å². The van der Waals surface area contributed by atoms with Crippen LogP contribution in [-0.2, 0) is 11.2 Å². The van der Waals surface area contributed by atoms with E-state index in [1.54, 1.807) is 6.20 Å². The molecule has 0 bridgehead atoms. The van der Waals surface area contributed by atoms with E-state index in [4.69, 9.17) is 9.72 Å². The lowest BCUT2D eigenvalue weighted by Crippen LogP contribution is -2.37. The Morgan fingerprint density at radius 3 is 2.80 bits per heavy atom. The Hall–Kier alpha value is -2.30. The van der Waals surface area contributed by atoms with Gasteiger partial charge in [-0.1, -0.05) is 6.07 Å². The Morgan fingerprint density at radius 2 is 2.00 bits per heavy atom. The van der Waals surface area contributed by atoms with E-state index in [0.717, 1.165) is 56.0 Å². The first-order valence-electron chi connectivity index (χ1n) is 8.90. The number of aryl methyl sites for hydroxylation is 1. The van der Waals surface area contributed by atoms with Crippen LogP contribution in [0.15, 0.2) is 48.8 Å². The van der Waals surface area contributed by atoms with Crippen molar-refractivity contribution in [2.24, 2.45) is 0 Å². The molecule has 0 radical (unpaired) electrons. The first-order valence-corrected chi connectivity index (χ1v) is 8.90. The third-order valence-electron chi connectivity index (χ3n) is 4.86. The van der Waals surface area contributed by atoms with Gasteiger partial charge in [-0.2, -0.15) is 0 Å². The highest BCUT2D eigenvalue weighted by atomic mass is 16.5. The zero-order valence-electron chi connectivity index (χ0n) is 14.6. The second-order valence-corrected chi connectivity index (χ2v) is 6.62. The first kappa shape index (κ1) is 16.2. The van der Waals surface area contributed by atoms with Gasteiger partial charge in [-0.25, -0.2) is 4.98 Å². The number of rotatable bonds is 4. The van der Waals surface area contributed by atoms with Gasteiger partial charge >= 0.3 is 0 Å². The molecule has 4 heteroatoms. The predicted molar refractivity (Wildman–Crippen MR) is 101 cm³/mol. The number of morpholine rings is 1. The second-order valence-electron chi connectivity index (χ2n) is 6.62. The summed E-state index contributed by atoms with van der Waals surface area (Å²) < 4.78 is 5.42. The molecule has 1 aliphatic rings. The number of hydrogen-bond acceptors (Lipinski definition) is 4. The number of fused-ring (bicyclic) bond motifs is 1. The number of ether oxygens (including phenoxy) is 1. The summed E-state index contributed by atoms with van der Waals surface area (Å²) in [7, 11) is 0. The van der Waals surface area contributed by atoms with Crippen LogP contribution >= 0.6 is 0 Å². The van der Waals surface area contributed by atoms with E-state index in [1.807, 2.05) is 12.3 Å². The molecule has 0 N–H and O–H groups in total. The van der Waals surface area contributed by atoms with Crippen molar-refractivity contribution in [2.75, 3.05) is 32.8 Å². The van der Waals surface area contributed by atoms with Crippen molar-refractivity contribution in [3.05, 3.63) is 59.9 Å². The van der Waals surface area contributed by atoms with Crippen molar-refractivity contribution in [3.63, 3.8) is 0 Å². The lowest BCUT2D eigenvalue weighted by atomic mass is 10.0. The molecular weight excluding hydrogens is 310 g/mol. The Labute approximate surface area is 148 Å². The average molecular weight is 333 g/mol. The fourth-order valence-corrected chi connectivity index (χ4v) is 3.37. The summed E-state index contributed by atoms with van der Waals surface area (Å²) in [5.41, 5.74) is 5.73. The Morgan fingerprint density at radius 1 is 1.12 bits per heavy atom. The molecule has 1 saturated heterocycles. The smallest absolute Gasteiger partial charge is 0.0727 e. The lowest BCUT2D eigenvalue weighted by molar-refractivity contribution is 0.0384. The van der Waals surface area contributed by atoms with Crippen LogP contribution in [0.5, 0.6) is 0 Å².